The van der Waals surface area contributed by atoms with E-state index < -0.39 is 17.1 Å². The largest absolute Gasteiger partial charge is 0.490 e. The molecule has 2 N–H and O–H groups in total. The highest BCUT2D eigenvalue weighted by atomic mass is 35.5. The summed E-state index contributed by atoms with van der Waals surface area (Å²) >= 11 is 6.39. The molecular weight excluding hydrogens is 618 g/mol. The lowest BCUT2D eigenvalue weighted by atomic mass is 9.68. The van der Waals surface area contributed by atoms with Crippen molar-refractivity contribution >= 4 is 34.2 Å². The minimum absolute atomic E-state index is 0.0926. The van der Waals surface area contributed by atoms with Crippen LogP contribution in [0.5, 0.6) is 5.75 Å². The van der Waals surface area contributed by atoms with Gasteiger partial charge >= 0.3 is 0 Å². The fraction of sp³-hybridized carbons (Fsp3) is 0.459. The highest BCUT2D eigenvalue weighted by Gasteiger charge is 2.44. The van der Waals surface area contributed by atoms with E-state index in [2.05, 4.69) is 26.7 Å². The number of hydrogen-bond acceptors (Lipinski definition) is 6. The van der Waals surface area contributed by atoms with Crippen molar-refractivity contribution in [2.24, 2.45) is 17.8 Å². The number of fused-ring (bicyclic) bond motifs is 4. The number of carbonyl (C=O) groups excluding carboxylic acids is 1. The Labute approximate surface area is 280 Å². The first-order chi connectivity index (χ1) is 22.2. The number of benzene rings is 2. The van der Waals surface area contributed by atoms with Gasteiger partial charge in [-0.1, -0.05) is 42.8 Å². The van der Waals surface area contributed by atoms with Crippen molar-refractivity contribution in [3.63, 3.8) is 0 Å². The van der Waals surface area contributed by atoms with Crippen LogP contribution in [0.4, 0.5) is 5.69 Å². The first-order valence-electron chi connectivity index (χ1n) is 16.5. The standard InChI is InChI=1S/C32H39ClN2O4S.C5H5N/c1-20-5-3-7-29(36)26-11-8-24(26)17-35-18-32(14-4-6-22-15-25(33)10-12-27(22)32)19-39-30-13-9-23(16-28(30)35)31(37)34-40(38)21(20)2;1-2-4-6-5-3-1/h3,7,9-10,12-13,15-16,20-21,24,26,29,36H,4-6,8,11,14,17-19H2,1-2H3,(H,34,37);1-5H/b7-3+;/t20?,21?,24?,26?,29?,32-,40?;/m0./s1. The number of amides is 1. The third-order valence-electron chi connectivity index (χ3n) is 10.4. The van der Waals surface area contributed by atoms with Crippen molar-refractivity contribution in [1.82, 2.24) is 9.71 Å². The SMILES string of the molecule is CC1C/C=C/C(O)C2CCC2CN2C[C@@]3(CCCc4cc(Cl)ccc43)COc3ccc(cc32)C(=O)NS(=O)C1C.c1ccncc1. The summed E-state index contributed by atoms with van der Waals surface area (Å²) in [4.78, 5) is 19.5. The topological polar surface area (TPSA) is 91.8 Å². The van der Waals surface area contributed by atoms with Gasteiger partial charge in [-0.05, 0) is 117 Å². The number of nitrogens with one attached hydrogen (secondary N) is 1. The van der Waals surface area contributed by atoms with Crippen molar-refractivity contribution in [1.29, 1.82) is 0 Å². The quantitative estimate of drug-likeness (QED) is 0.262. The van der Waals surface area contributed by atoms with Crippen LogP contribution in [-0.2, 0) is 22.8 Å². The molecule has 244 valence electrons. The summed E-state index contributed by atoms with van der Waals surface area (Å²) in [5, 5.41) is 11.6. The van der Waals surface area contributed by atoms with Crippen molar-refractivity contribution in [2.75, 3.05) is 24.6 Å². The summed E-state index contributed by atoms with van der Waals surface area (Å²) < 4.78 is 22.3. The van der Waals surface area contributed by atoms with E-state index in [4.69, 9.17) is 16.3 Å². The lowest BCUT2D eigenvalue weighted by Gasteiger charge is -2.45. The highest BCUT2D eigenvalue weighted by molar-refractivity contribution is 7.84. The maximum absolute atomic E-state index is 13.3. The van der Waals surface area contributed by atoms with Crippen molar-refractivity contribution in [3.05, 3.63) is 101 Å². The van der Waals surface area contributed by atoms with E-state index in [1.54, 1.807) is 18.5 Å². The Morgan fingerprint density at radius 3 is 2.65 bits per heavy atom. The number of anilines is 1. The van der Waals surface area contributed by atoms with E-state index in [-0.39, 0.29) is 28.4 Å². The fourth-order valence-corrected chi connectivity index (χ4v) is 8.56. The van der Waals surface area contributed by atoms with Gasteiger partial charge in [-0.25, -0.2) is 4.21 Å². The smallest absolute Gasteiger partial charge is 0.263 e. The molecule has 7 atom stereocenters. The first-order valence-corrected chi connectivity index (χ1v) is 18.1. The zero-order chi connectivity index (χ0) is 32.3. The predicted molar refractivity (Wildman–Crippen MR) is 185 cm³/mol. The number of halogens is 1. The van der Waals surface area contributed by atoms with Gasteiger partial charge in [0.2, 0.25) is 0 Å². The second-order valence-corrected chi connectivity index (χ2v) is 15.4. The van der Waals surface area contributed by atoms with Gasteiger partial charge in [-0.3, -0.25) is 14.5 Å². The van der Waals surface area contributed by atoms with E-state index in [1.165, 1.54) is 11.1 Å². The van der Waals surface area contributed by atoms with Gasteiger partial charge < -0.3 is 14.7 Å². The Kier molecular flexibility index (Phi) is 10.2. The van der Waals surface area contributed by atoms with E-state index in [9.17, 15) is 14.1 Å². The average molecular weight is 662 g/mol. The highest BCUT2D eigenvalue weighted by Crippen LogP contribution is 2.46. The Bertz CT molecular complexity index is 1560. The molecule has 6 unspecified atom stereocenters. The van der Waals surface area contributed by atoms with Crippen LogP contribution in [-0.4, -0.2) is 51.3 Å². The third kappa shape index (κ3) is 7.04. The van der Waals surface area contributed by atoms with Gasteiger partial charge in [0.1, 0.15) is 16.7 Å². The van der Waals surface area contributed by atoms with Crippen LogP contribution in [0.15, 0.2) is 79.1 Å². The van der Waals surface area contributed by atoms with Gasteiger partial charge in [0, 0.05) is 41.5 Å². The minimum atomic E-state index is -1.53. The number of aliphatic hydroxyl groups is 1. The number of pyridine rings is 1. The number of aromatic nitrogens is 1. The maximum atomic E-state index is 13.3. The molecule has 7 rings (SSSR count). The van der Waals surface area contributed by atoms with Crippen LogP contribution in [0.3, 0.4) is 0 Å². The number of ether oxygens (including phenoxy) is 1. The van der Waals surface area contributed by atoms with Crippen molar-refractivity contribution in [2.45, 2.75) is 69.1 Å². The molecule has 1 amide bonds. The summed E-state index contributed by atoms with van der Waals surface area (Å²) in [7, 11) is -1.53. The number of hydrogen-bond donors (Lipinski definition) is 2. The van der Waals surface area contributed by atoms with E-state index in [0.29, 0.717) is 24.5 Å². The number of aliphatic hydroxyl groups excluding tert-OH is 1. The van der Waals surface area contributed by atoms with Crippen LogP contribution >= 0.6 is 11.6 Å². The molecule has 3 aromatic rings. The minimum Gasteiger partial charge on any atom is -0.490 e. The molecule has 46 heavy (non-hydrogen) atoms. The summed E-state index contributed by atoms with van der Waals surface area (Å²) in [5.41, 5.74) is 3.75. The van der Waals surface area contributed by atoms with Crippen molar-refractivity contribution < 1.29 is 18.8 Å². The Morgan fingerprint density at radius 1 is 1.11 bits per heavy atom. The second-order valence-electron chi connectivity index (χ2n) is 13.4. The summed E-state index contributed by atoms with van der Waals surface area (Å²) in [6, 6.07) is 17.5. The molecule has 7 nitrogen and oxygen atoms in total. The summed E-state index contributed by atoms with van der Waals surface area (Å²) in [5.74, 6) is 1.05. The van der Waals surface area contributed by atoms with Crippen LogP contribution in [0.2, 0.25) is 5.02 Å². The van der Waals surface area contributed by atoms with E-state index in [0.717, 1.165) is 61.7 Å². The molecule has 2 bridgehead atoms. The first kappa shape index (κ1) is 32.7. The van der Waals surface area contributed by atoms with Gasteiger partial charge in [-0.2, -0.15) is 0 Å². The molecule has 2 aliphatic carbocycles. The molecule has 1 spiro atoms. The Hall–Kier alpha value is -3.20. The zero-order valence-electron chi connectivity index (χ0n) is 26.6. The molecule has 2 aliphatic heterocycles. The summed E-state index contributed by atoms with van der Waals surface area (Å²) in [6.45, 7) is 6.02. The third-order valence-corrected chi connectivity index (χ3v) is 12.2. The zero-order valence-corrected chi connectivity index (χ0v) is 28.2. The molecule has 4 aliphatic rings. The predicted octanol–water partition coefficient (Wildman–Crippen LogP) is 6.66. The molecule has 3 heterocycles. The Morgan fingerprint density at radius 2 is 1.93 bits per heavy atom. The number of carbonyl (C=O) groups is 1. The molecular formula is C37H44ClN3O4S. The molecule has 1 fully saturated rings. The lowest BCUT2D eigenvalue weighted by Crippen LogP contribution is -2.49. The monoisotopic (exact) mass is 661 g/mol. The second kappa shape index (κ2) is 14.3. The van der Waals surface area contributed by atoms with E-state index in [1.807, 2.05) is 62.4 Å². The fourth-order valence-electron chi connectivity index (χ4n) is 7.34. The van der Waals surface area contributed by atoms with Crippen LogP contribution in [0.1, 0.15) is 67.4 Å². The van der Waals surface area contributed by atoms with Crippen molar-refractivity contribution in [3.8, 4) is 5.75 Å². The van der Waals surface area contributed by atoms with Gasteiger partial charge in [-0.15, -0.1) is 0 Å². The van der Waals surface area contributed by atoms with Gasteiger partial charge in [0.25, 0.3) is 5.91 Å². The molecule has 9 heteroatoms. The normalized spacial score (nSPS) is 31.4. The maximum Gasteiger partial charge on any atom is 0.263 e. The number of nitrogens with zero attached hydrogens (tertiary/aromatic N) is 2. The number of allylic oxidation sites excluding steroid dienone is 1. The number of aryl methyl sites for hydroxylation is 1. The average Bonchev–Trinajstić information content (AvgIpc) is 3.20. The molecule has 0 saturated heterocycles. The van der Waals surface area contributed by atoms with E-state index >= 15 is 0 Å². The summed E-state index contributed by atoms with van der Waals surface area (Å²) in [6.07, 6.45) is 12.8. The Balaban J connectivity index is 0.000000557. The number of rotatable bonds is 0. The van der Waals surface area contributed by atoms with Crippen LogP contribution in [0.25, 0.3) is 0 Å². The van der Waals surface area contributed by atoms with Gasteiger partial charge in [0.15, 0.2) is 0 Å². The lowest BCUT2D eigenvalue weighted by molar-refractivity contribution is 0.0456. The van der Waals surface area contributed by atoms with Crippen LogP contribution < -0.4 is 14.4 Å². The van der Waals surface area contributed by atoms with Crippen LogP contribution in [0, 0.1) is 17.8 Å². The molecule has 1 saturated carbocycles. The molecule has 1 aromatic heterocycles. The molecule has 0 radical (unpaired) electrons. The van der Waals surface area contributed by atoms with Gasteiger partial charge in [0.05, 0.1) is 23.6 Å². The molecule has 2 aromatic carbocycles.